The van der Waals surface area contributed by atoms with Crippen LogP contribution in [-0.4, -0.2) is 112 Å². The molecule has 0 spiro atoms. The van der Waals surface area contributed by atoms with Crippen LogP contribution in [0.1, 0.15) is 65.4 Å². The van der Waals surface area contributed by atoms with Crippen LogP contribution in [-0.2, 0) is 35.1 Å². The summed E-state index contributed by atoms with van der Waals surface area (Å²) in [7, 11) is 1.54. The van der Waals surface area contributed by atoms with Crippen molar-refractivity contribution in [3.05, 3.63) is 48.6 Å². The predicted molar refractivity (Wildman–Crippen MR) is 167 cm³/mol. The summed E-state index contributed by atoms with van der Waals surface area (Å²) in [5, 5.41) is 13.0. The SMILES string of the molecule is C=CCOC(=O)N[C@H](CC)C(=O)N1CCC[C@H]1C(=O)N(C)[C@@H](Cc1ccccc1)C(=O)N1CC[C@H](O)C[C@H]1C(=O)OC(C)(C)C. The van der Waals surface area contributed by atoms with Crippen molar-refractivity contribution in [2.24, 2.45) is 0 Å². The van der Waals surface area contributed by atoms with Crippen LogP contribution in [0.2, 0.25) is 0 Å². The summed E-state index contributed by atoms with van der Waals surface area (Å²) in [5.41, 5.74) is 0.0187. The average molecular weight is 629 g/mol. The highest BCUT2D eigenvalue weighted by atomic mass is 16.6. The van der Waals surface area contributed by atoms with Gasteiger partial charge in [-0.25, -0.2) is 9.59 Å². The highest BCUT2D eigenvalue weighted by molar-refractivity contribution is 5.95. The van der Waals surface area contributed by atoms with Gasteiger partial charge >= 0.3 is 12.1 Å². The zero-order valence-corrected chi connectivity index (χ0v) is 27.1. The van der Waals surface area contributed by atoms with Gasteiger partial charge in [-0.2, -0.15) is 0 Å². The number of likely N-dealkylation sites (tertiary alicyclic amines) is 2. The van der Waals surface area contributed by atoms with Gasteiger partial charge in [0, 0.05) is 33.0 Å². The van der Waals surface area contributed by atoms with E-state index in [4.69, 9.17) is 9.47 Å². The Labute approximate surface area is 265 Å². The number of aliphatic hydroxyl groups is 1. The summed E-state index contributed by atoms with van der Waals surface area (Å²) in [6.07, 6.45) is 1.65. The van der Waals surface area contributed by atoms with E-state index in [1.54, 1.807) is 27.7 Å². The molecular weight excluding hydrogens is 580 g/mol. The van der Waals surface area contributed by atoms with E-state index in [0.29, 0.717) is 19.4 Å². The van der Waals surface area contributed by atoms with E-state index in [1.807, 2.05) is 30.3 Å². The summed E-state index contributed by atoms with van der Waals surface area (Å²) in [6.45, 7) is 10.9. The van der Waals surface area contributed by atoms with Crippen LogP contribution in [0.3, 0.4) is 0 Å². The number of amides is 4. The quantitative estimate of drug-likeness (QED) is 0.281. The molecule has 1 aromatic rings. The first kappa shape index (κ1) is 35.5. The molecule has 0 bridgehead atoms. The second kappa shape index (κ2) is 15.9. The highest BCUT2D eigenvalue weighted by Crippen LogP contribution is 2.26. The lowest BCUT2D eigenvalue weighted by molar-refractivity contribution is -0.170. The number of rotatable bonds is 11. The van der Waals surface area contributed by atoms with Crippen molar-refractivity contribution in [2.75, 3.05) is 26.7 Å². The van der Waals surface area contributed by atoms with E-state index >= 15 is 0 Å². The maximum atomic E-state index is 14.3. The monoisotopic (exact) mass is 628 g/mol. The maximum Gasteiger partial charge on any atom is 0.408 e. The number of ether oxygens (including phenoxy) is 2. The first-order valence-corrected chi connectivity index (χ1v) is 15.6. The molecule has 2 heterocycles. The third-order valence-electron chi connectivity index (χ3n) is 8.06. The number of carbonyl (C=O) groups is 5. The molecule has 12 heteroatoms. The molecular formula is C33H48N4O8. The molecule has 0 saturated carbocycles. The van der Waals surface area contributed by atoms with Crippen molar-refractivity contribution in [3.63, 3.8) is 0 Å². The highest BCUT2D eigenvalue weighted by Gasteiger charge is 2.44. The van der Waals surface area contributed by atoms with Gasteiger partial charge in [-0.15, -0.1) is 0 Å². The third kappa shape index (κ3) is 9.53. The summed E-state index contributed by atoms with van der Waals surface area (Å²) in [6, 6.07) is 5.53. The van der Waals surface area contributed by atoms with E-state index in [9.17, 15) is 29.1 Å². The van der Waals surface area contributed by atoms with Gasteiger partial charge in [-0.3, -0.25) is 14.4 Å². The van der Waals surface area contributed by atoms with Crippen molar-refractivity contribution in [2.45, 2.75) is 102 Å². The predicted octanol–water partition coefficient (Wildman–Crippen LogP) is 2.43. The normalized spacial score (nSPS) is 21.3. The van der Waals surface area contributed by atoms with Gasteiger partial charge in [0.05, 0.1) is 6.10 Å². The van der Waals surface area contributed by atoms with Gasteiger partial charge in [0.1, 0.15) is 36.4 Å². The average Bonchev–Trinajstić information content (AvgIpc) is 3.50. The van der Waals surface area contributed by atoms with E-state index < -0.39 is 65.7 Å². The molecule has 2 fully saturated rings. The Morgan fingerprint density at radius 3 is 2.36 bits per heavy atom. The summed E-state index contributed by atoms with van der Waals surface area (Å²) >= 11 is 0. The lowest BCUT2D eigenvalue weighted by Crippen LogP contribution is -2.60. The Kier molecular flexibility index (Phi) is 12.5. The molecule has 45 heavy (non-hydrogen) atoms. The Bertz CT molecular complexity index is 1220. The first-order chi connectivity index (χ1) is 21.3. The minimum absolute atomic E-state index is 0.00628. The van der Waals surface area contributed by atoms with Crippen LogP contribution in [0.5, 0.6) is 0 Å². The second-order valence-corrected chi connectivity index (χ2v) is 12.6. The van der Waals surface area contributed by atoms with Crippen molar-refractivity contribution in [3.8, 4) is 0 Å². The van der Waals surface area contributed by atoms with Crippen LogP contribution in [0.4, 0.5) is 4.79 Å². The van der Waals surface area contributed by atoms with E-state index in [0.717, 1.165) is 5.56 Å². The van der Waals surface area contributed by atoms with E-state index in [-0.39, 0.29) is 38.8 Å². The van der Waals surface area contributed by atoms with Crippen molar-refractivity contribution in [1.82, 2.24) is 20.0 Å². The standard InChI is InChI=1S/C33H48N4O8/c1-7-19-44-32(43)34-24(8-2)28(39)36-17-12-15-25(36)29(40)35(6)26(20-22-13-10-9-11-14-22)30(41)37-18-16-23(38)21-27(37)31(42)45-33(3,4)5/h7,9-11,13-14,23-27,38H,1,8,12,15-21H2,2-6H3,(H,34,43)/t23-,24+,25-,26-,27-/m0/s1. The molecule has 5 atom stereocenters. The van der Waals surface area contributed by atoms with Crippen LogP contribution < -0.4 is 5.32 Å². The number of likely N-dealkylation sites (N-methyl/N-ethyl adjacent to an activating group) is 1. The van der Waals surface area contributed by atoms with Crippen molar-refractivity contribution >= 4 is 29.8 Å². The molecule has 0 aliphatic carbocycles. The number of hydrogen-bond acceptors (Lipinski definition) is 8. The summed E-state index contributed by atoms with van der Waals surface area (Å²) in [5.74, 6) is -1.87. The minimum atomic E-state index is -1.01. The summed E-state index contributed by atoms with van der Waals surface area (Å²) < 4.78 is 10.6. The molecule has 248 valence electrons. The number of hydrogen-bond donors (Lipinski definition) is 2. The van der Waals surface area contributed by atoms with Gasteiger partial charge in [0.25, 0.3) is 0 Å². The lowest BCUT2D eigenvalue weighted by Gasteiger charge is -2.41. The number of piperidine rings is 1. The fraction of sp³-hybridized carbons (Fsp3) is 0.606. The van der Waals surface area contributed by atoms with Gasteiger partial charge in [0.15, 0.2) is 0 Å². The number of benzene rings is 1. The van der Waals surface area contributed by atoms with Crippen molar-refractivity contribution in [1.29, 1.82) is 0 Å². The lowest BCUT2D eigenvalue weighted by atomic mass is 9.96. The van der Waals surface area contributed by atoms with E-state index in [2.05, 4.69) is 11.9 Å². The molecule has 3 rings (SSSR count). The molecule has 2 saturated heterocycles. The molecule has 1 aromatic carbocycles. The van der Waals surface area contributed by atoms with Crippen molar-refractivity contribution < 1.29 is 38.6 Å². The molecule has 0 unspecified atom stereocenters. The number of nitrogens with one attached hydrogen (secondary N) is 1. The van der Waals surface area contributed by atoms with Gasteiger partial charge in [-0.1, -0.05) is 49.9 Å². The minimum Gasteiger partial charge on any atom is -0.458 e. The first-order valence-electron chi connectivity index (χ1n) is 15.6. The Morgan fingerprint density at radius 1 is 1.07 bits per heavy atom. The van der Waals surface area contributed by atoms with Gasteiger partial charge in [0.2, 0.25) is 17.7 Å². The fourth-order valence-corrected chi connectivity index (χ4v) is 5.76. The Morgan fingerprint density at radius 2 is 1.73 bits per heavy atom. The number of esters is 1. The number of carbonyl (C=O) groups excluding carboxylic acids is 5. The second-order valence-electron chi connectivity index (χ2n) is 12.6. The topological polar surface area (TPSA) is 146 Å². The zero-order valence-electron chi connectivity index (χ0n) is 27.1. The molecule has 4 amide bonds. The molecule has 2 aliphatic heterocycles. The van der Waals surface area contributed by atoms with Crippen LogP contribution in [0.25, 0.3) is 0 Å². The fourth-order valence-electron chi connectivity index (χ4n) is 5.76. The molecule has 0 radical (unpaired) electrons. The molecule has 12 nitrogen and oxygen atoms in total. The number of nitrogens with zero attached hydrogens (tertiary/aromatic N) is 3. The van der Waals surface area contributed by atoms with E-state index in [1.165, 1.54) is 27.8 Å². The summed E-state index contributed by atoms with van der Waals surface area (Å²) in [4.78, 5) is 71.6. The third-order valence-corrected chi connectivity index (χ3v) is 8.06. The largest absolute Gasteiger partial charge is 0.458 e. The number of alkyl carbamates (subject to hydrolysis) is 1. The number of aliphatic hydroxyl groups excluding tert-OH is 1. The Balaban J connectivity index is 1.88. The molecule has 2 N–H and O–H groups in total. The van der Waals surface area contributed by atoms with Gasteiger partial charge < -0.3 is 34.6 Å². The smallest absolute Gasteiger partial charge is 0.408 e. The maximum absolute atomic E-state index is 14.3. The Hall–Kier alpha value is -3.93. The van der Waals surface area contributed by atoms with Gasteiger partial charge in [-0.05, 0) is 52.0 Å². The van der Waals surface area contributed by atoms with Crippen LogP contribution in [0.15, 0.2) is 43.0 Å². The molecule has 2 aliphatic rings. The van der Waals surface area contributed by atoms with Crippen LogP contribution >= 0.6 is 0 Å². The zero-order chi connectivity index (χ0) is 33.3. The van der Waals surface area contributed by atoms with Crippen LogP contribution in [0, 0.1) is 0 Å². The molecule has 0 aromatic heterocycles.